The zero-order valence-corrected chi connectivity index (χ0v) is 13.9. The van der Waals surface area contributed by atoms with Crippen LogP contribution in [0.3, 0.4) is 0 Å². The minimum atomic E-state index is -0.362. The number of nitrogens with zero attached hydrogens (tertiary/aromatic N) is 2. The molecule has 2 aromatic carbocycles. The lowest BCUT2D eigenvalue weighted by atomic mass is 10.1. The van der Waals surface area contributed by atoms with Gasteiger partial charge in [0.05, 0.1) is 16.3 Å². The molecule has 5 heteroatoms. The highest BCUT2D eigenvalue weighted by molar-refractivity contribution is 7.13. The number of thiophene rings is 1. The lowest BCUT2D eigenvalue weighted by molar-refractivity contribution is 0.570. The van der Waals surface area contributed by atoms with Gasteiger partial charge >= 0.3 is 5.63 Å². The molecule has 3 aromatic heterocycles. The third-order valence-corrected chi connectivity index (χ3v) is 5.07. The average Bonchev–Trinajstić information content (AvgIpc) is 3.30. The van der Waals surface area contributed by atoms with E-state index in [1.165, 1.54) is 0 Å². The lowest BCUT2D eigenvalue weighted by Gasteiger charge is -2.05. The Bertz CT molecular complexity index is 1250. The van der Waals surface area contributed by atoms with Crippen molar-refractivity contribution in [3.05, 3.63) is 82.5 Å². The molecule has 0 atom stereocenters. The maximum absolute atomic E-state index is 12.7. The molecule has 0 fully saturated rings. The Balaban J connectivity index is 2.00. The summed E-state index contributed by atoms with van der Waals surface area (Å²) in [7, 11) is 0. The van der Waals surface area contributed by atoms with Crippen LogP contribution in [-0.4, -0.2) is 9.78 Å². The summed E-state index contributed by atoms with van der Waals surface area (Å²) < 4.78 is 7.39. The molecular weight excluding hydrogens is 332 g/mol. The Labute approximate surface area is 146 Å². The summed E-state index contributed by atoms with van der Waals surface area (Å²) in [6.45, 7) is 0. The van der Waals surface area contributed by atoms with Crippen LogP contribution in [0.15, 0.2) is 81.3 Å². The van der Waals surface area contributed by atoms with Crippen LogP contribution in [0.2, 0.25) is 0 Å². The topological polar surface area (TPSA) is 48.0 Å². The zero-order chi connectivity index (χ0) is 16.8. The number of aromatic nitrogens is 2. The van der Waals surface area contributed by atoms with Crippen LogP contribution < -0.4 is 5.63 Å². The lowest BCUT2D eigenvalue weighted by Crippen LogP contribution is -2.01. The van der Waals surface area contributed by atoms with Gasteiger partial charge in [-0.05, 0) is 35.7 Å². The van der Waals surface area contributed by atoms with Crippen molar-refractivity contribution in [2.45, 2.75) is 0 Å². The predicted molar refractivity (Wildman–Crippen MR) is 100 cm³/mol. The highest BCUT2D eigenvalue weighted by Crippen LogP contribution is 2.34. The molecule has 120 valence electrons. The monoisotopic (exact) mass is 344 g/mol. The fraction of sp³-hybridized carbons (Fsp3) is 0. The van der Waals surface area contributed by atoms with E-state index < -0.39 is 0 Å². The van der Waals surface area contributed by atoms with E-state index in [4.69, 9.17) is 9.52 Å². The average molecular weight is 344 g/mol. The maximum atomic E-state index is 12.7. The van der Waals surface area contributed by atoms with Gasteiger partial charge in [-0.25, -0.2) is 9.48 Å². The second-order valence-corrected chi connectivity index (χ2v) is 6.63. The highest BCUT2D eigenvalue weighted by atomic mass is 32.1. The minimum Gasteiger partial charge on any atom is -0.422 e. The SMILES string of the molecule is O=c1oc2ccccc2c2nn(-c3ccccc3)c(-c3cccs3)c12. The van der Waals surface area contributed by atoms with Gasteiger partial charge in [-0.15, -0.1) is 11.3 Å². The Hall–Kier alpha value is -3.18. The Morgan fingerprint density at radius 3 is 2.52 bits per heavy atom. The smallest absolute Gasteiger partial charge is 0.348 e. The first kappa shape index (κ1) is 14.2. The second kappa shape index (κ2) is 5.43. The van der Waals surface area contributed by atoms with Crippen LogP contribution in [0.1, 0.15) is 0 Å². The molecule has 0 radical (unpaired) electrons. The van der Waals surface area contributed by atoms with Crippen molar-refractivity contribution in [2.24, 2.45) is 0 Å². The van der Waals surface area contributed by atoms with Gasteiger partial charge in [0.25, 0.3) is 0 Å². The van der Waals surface area contributed by atoms with Gasteiger partial charge in [0.2, 0.25) is 0 Å². The van der Waals surface area contributed by atoms with Gasteiger partial charge in [0, 0.05) is 5.39 Å². The molecule has 4 nitrogen and oxygen atoms in total. The van der Waals surface area contributed by atoms with Gasteiger partial charge in [-0.1, -0.05) is 36.4 Å². The van der Waals surface area contributed by atoms with E-state index >= 15 is 0 Å². The normalized spacial score (nSPS) is 11.4. The van der Waals surface area contributed by atoms with Gasteiger partial charge in [-0.3, -0.25) is 0 Å². The number of fused-ring (bicyclic) bond motifs is 3. The molecule has 5 rings (SSSR count). The number of benzene rings is 2. The second-order valence-electron chi connectivity index (χ2n) is 5.68. The molecule has 0 saturated carbocycles. The van der Waals surface area contributed by atoms with Crippen LogP contribution in [0, 0.1) is 0 Å². The summed E-state index contributed by atoms with van der Waals surface area (Å²) in [5.41, 5.74) is 2.54. The summed E-state index contributed by atoms with van der Waals surface area (Å²) in [6.07, 6.45) is 0. The summed E-state index contributed by atoms with van der Waals surface area (Å²) in [5.74, 6) is 0. The van der Waals surface area contributed by atoms with E-state index in [0.717, 1.165) is 21.6 Å². The van der Waals surface area contributed by atoms with Crippen molar-refractivity contribution in [3.63, 3.8) is 0 Å². The standard InChI is InChI=1S/C20H12N2O2S/c23-20-17-18(14-9-4-5-10-15(14)24-20)21-22(13-7-2-1-3-8-13)19(17)16-11-6-12-25-16/h1-12H. The third kappa shape index (κ3) is 2.13. The number of para-hydroxylation sites is 2. The first-order chi connectivity index (χ1) is 12.3. The Morgan fingerprint density at radius 2 is 1.72 bits per heavy atom. The molecular formula is C20H12N2O2S. The van der Waals surface area contributed by atoms with Gasteiger partial charge in [0.15, 0.2) is 0 Å². The molecule has 0 amide bonds. The Kier molecular flexibility index (Phi) is 3.08. The maximum Gasteiger partial charge on any atom is 0.348 e. The van der Waals surface area contributed by atoms with Gasteiger partial charge in [0.1, 0.15) is 16.5 Å². The van der Waals surface area contributed by atoms with Crippen LogP contribution in [-0.2, 0) is 0 Å². The molecule has 3 heterocycles. The summed E-state index contributed by atoms with van der Waals surface area (Å²) in [5, 5.41) is 8.14. The van der Waals surface area contributed by atoms with Crippen molar-refractivity contribution in [2.75, 3.05) is 0 Å². The van der Waals surface area contributed by atoms with Crippen molar-refractivity contribution >= 4 is 33.2 Å². The molecule has 0 aliphatic heterocycles. The molecule has 0 aliphatic rings. The van der Waals surface area contributed by atoms with E-state index in [9.17, 15) is 4.79 Å². The molecule has 0 bridgehead atoms. The fourth-order valence-corrected chi connectivity index (χ4v) is 3.86. The molecule has 0 aliphatic carbocycles. The molecule has 0 unspecified atom stereocenters. The van der Waals surface area contributed by atoms with Crippen LogP contribution in [0.4, 0.5) is 0 Å². The number of hydrogen-bond acceptors (Lipinski definition) is 4. The predicted octanol–water partition coefficient (Wildman–Crippen LogP) is 4.86. The quantitative estimate of drug-likeness (QED) is 0.430. The van der Waals surface area contributed by atoms with Crippen LogP contribution in [0.5, 0.6) is 0 Å². The van der Waals surface area contributed by atoms with E-state index in [1.807, 2.05) is 70.7 Å². The molecule has 0 spiro atoms. The summed E-state index contributed by atoms with van der Waals surface area (Å²) in [4.78, 5) is 13.7. The van der Waals surface area contributed by atoms with Crippen molar-refractivity contribution in [3.8, 4) is 16.3 Å². The van der Waals surface area contributed by atoms with E-state index in [-0.39, 0.29) is 5.63 Å². The third-order valence-electron chi connectivity index (χ3n) is 4.19. The van der Waals surface area contributed by atoms with Crippen molar-refractivity contribution in [1.82, 2.24) is 9.78 Å². The van der Waals surface area contributed by atoms with Crippen molar-refractivity contribution < 1.29 is 4.42 Å². The summed E-state index contributed by atoms with van der Waals surface area (Å²) >= 11 is 1.58. The Morgan fingerprint density at radius 1 is 0.920 bits per heavy atom. The molecule has 5 aromatic rings. The highest BCUT2D eigenvalue weighted by Gasteiger charge is 2.21. The van der Waals surface area contributed by atoms with Crippen LogP contribution >= 0.6 is 11.3 Å². The molecule has 25 heavy (non-hydrogen) atoms. The first-order valence-electron chi connectivity index (χ1n) is 7.87. The minimum absolute atomic E-state index is 0.362. The van der Waals surface area contributed by atoms with E-state index in [0.29, 0.717) is 16.5 Å². The van der Waals surface area contributed by atoms with Gasteiger partial charge in [-0.2, -0.15) is 5.10 Å². The van der Waals surface area contributed by atoms with E-state index in [1.54, 1.807) is 17.4 Å². The van der Waals surface area contributed by atoms with E-state index in [2.05, 4.69) is 0 Å². The first-order valence-corrected chi connectivity index (χ1v) is 8.75. The van der Waals surface area contributed by atoms with Crippen molar-refractivity contribution in [1.29, 1.82) is 0 Å². The largest absolute Gasteiger partial charge is 0.422 e. The molecule has 0 N–H and O–H groups in total. The van der Waals surface area contributed by atoms with Gasteiger partial charge < -0.3 is 4.42 Å². The fourth-order valence-electron chi connectivity index (χ4n) is 3.10. The number of hydrogen-bond donors (Lipinski definition) is 0. The molecule has 0 saturated heterocycles. The number of rotatable bonds is 2. The zero-order valence-electron chi connectivity index (χ0n) is 13.0. The van der Waals surface area contributed by atoms with Crippen LogP contribution in [0.25, 0.3) is 38.1 Å². The summed E-state index contributed by atoms with van der Waals surface area (Å²) in [6, 6.07) is 21.3.